The van der Waals surface area contributed by atoms with Crippen molar-refractivity contribution in [2.45, 2.75) is 0 Å². The molecule has 0 saturated heterocycles. The summed E-state index contributed by atoms with van der Waals surface area (Å²) in [5.41, 5.74) is 0. The van der Waals surface area contributed by atoms with Crippen LogP contribution in [0.5, 0.6) is 5.75 Å². The number of benzene rings is 1. The molecule has 0 atom stereocenters. The van der Waals surface area contributed by atoms with Crippen LogP contribution >= 0.6 is 31.9 Å². The number of hydrogen-bond donors (Lipinski definition) is 0. The Labute approximate surface area is 85.0 Å². The summed E-state index contributed by atoms with van der Waals surface area (Å²) in [6.07, 6.45) is 0. The highest BCUT2D eigenvalue weighted by atomic mass is 79.9. The quantitative estimate of drug-likeness (QED) is 0.570. The van der Waals surface area contributed by atoms with Crippen molar-refractivity contribution in [2.24, 2.45) is 0 Å². The topological polar surface area (TPSA) is 9.23 Å². The minimum Gasteiger partial charge on any atom is -0.492 e. The van der Waals surface area contributed by atoms with Crippen molar-refractivity contribution < 1.29 is 13.5 Å². The molecule has 0 N–H and O–H groups in total. The van der Waals surface area contributed by atoms with Crippen molar-refractivity contribution in [2.75, 3.05) is 7.11 Å². The van der Waals surface area contributed by atoms with Crippen LogP contribution in [0.4, 0.5) is 8.78 Å². The molecule has 12 heavy (non-hydrogen) atoms. The zero-order valence-electron chi connectivity index (χ0n) is 6.00. The molecule has 0 aliphatic heterocycles. The summed E-state index contributed by atoms with van der Waals surface area (Å²) in [5, 5.41) is 0. The van der Waals surface area contributed by atoms with Gasteiger partial charge in [-0.05, 0) is 37.9 Å². The molecule has 1 nitrogen and oxygen atoms in total. The third-order valence-electron chi connectivity index (χ3n) is 1.28. The standard InChI is InChI=1S/C7H4Br2F2O/c1-12-7-4(9)2-3(8)5(10)6(7)11/h2H,1H3. The lowest BCUT2D eigenvalue weighted by Gasteiger charge is -2.05. The predicted octanol–water partition coefficient (Wildman–Crippen LogP) is 3.50. The number of hydrogen-bond acceptors (Lipinski definition) is 1. The molecule has 1 aromatic carbocycles. The van der Waals surface area contributed by atoms with E-state index in [0.717, 1.165) is 0 Å². The van der Waals surface area contributed by atoms with Gasteiger partial charge in [0.05, 0.1) is 16.1 Å². The Balaban J connectivity index is 3.40. The lowest BCUT2D eigenvalue weighted by Crippen LogP contribution is -1.94. The van der Waals surface area contributed by atoms with Crippen LogP contribution in [0.2, 0.25) is 0 Å². The first-order chi connectivity index (χ1) is 5.57. The molecule has 0 aliphatic carbocycles. The van der Waals surface area contributed by atoms with E-state index >= 15 is 0 Å². The molecule has 0 radical (unpaired) electrons. The lowest BCUT2D eigenvalue weighted by atomic mass is 10.3. The average molecular weight is 302 g/mol. The van der Waals surface area contributed by atoms with E-state index < -0.39 is 11.6 Å². The van der Waals surface area contributed by atoms with Crippen molar-refractivity contribution in [3.8, 4) is 5.75 Å². The summed E-state index contributed by atoms with van der Waals surface area (Å²) < 4.78 is 30.9. The van der Waals surface area contributed by atoms with Gasteiger partial charge < -0.3 is 4.74 Å². The molecule has 0 aliphatic rings. The first-order valence-electron chi connectivity index (χ1n) is 2.95. The van der Waals surface area contributed by atoms with Crippen molar-refractivity contribution in [1.29, 1.82) is 0 Å². The fraction of sp³-hybridized carbons (Fsp3) is 0.143. The Bertz CT molecular complexity index is 315. The van der Waals surface area contributed by atoms with Gasteiger partial charge in [-0.3, -0.25) is 0 Å². The van der Waals surface area contributed by atoms with Crippen LogP contribution in [0.15, 0.2) is 15.0 Å². The Morgan fingerprint density at radius 2 is 1.75 bits per heavy atom. The van der Waals surface area contributed by atoms with E-state index in [9.17, 15) is 8.78 Å². The van der Waals surface area contributed by atoms with Gasteiger partial charge >= 0.3 is 0 Å². The van der Waals surface area contributed by atoms with Gasteiger partial charge in [-0.2, -0.15) is 4.39 Å². The highest BCUT2D eigenvalue weighted by molar-refractivity contribution is 9.11. The number of methoxy groups -OCH3 is 1. The minimum atomic E-state index is -1.00. The third-order valence-corrected chi connectivity index (χ3v) is 2.44. The maximum absolute atomic E-state index is 13.0. The van der Waals surface area contributed by atoms with Crippen LogP contribution < -0.4 is 4.74 Å². The van der Waals surface area contributed by atoms with Crippen molar-refractivity contribution >= 4 is 31.9 Å². The normalized spacial score (nSPS) is 10.1. The van der Waals surface area contributed by atoms with Crippen LogP contribution in [-0.4, -0.2) is 7.11 Å². The third kappa shape index (κ3) is 1.61. The molecular weight excluding hydrogens is 298 g/mol. The zero-order chi connectivity index (χ0) is 9.30. The van der Waals surface area contributed by atoms with Gasteiger partial charge in [0.2, 0.25) is 5.82 Å². The second-order valence-electron chi connectivity index (χ2n) is 2.00. The summed E-state index contributed by atoms with van der Waals surface area (Å²) in [6, 6.07) is 1.39. The van der Waals surface area contributed by atoms with E-state index in [1.54, 1.807) is 0 Å². The zero-order valence-corrected chi connectivity index (χ0v) is 9.17. The van der Waals surface area contributed by atoms with E-state index in [0.29, 0.717) is 4.47 Å². The maximum Gasteiger partial charge on any atom is 0.202 e. The number of halogens is 4. The summed E-state index contributed by atoms with van der Waals surface area (Å²) in [7, 11) is 1.27. The van der Waals surface area contributed by atoms with Gasteiger partial charge in [-0.25, -0.2) is 4.39 Å². The summed E-state index contributed by atoms with van der Waals surface area (Å²) in [6.45, 7) is 0. The molecule has 1 rings (SSSR count). The van der Waals surface area contributed by atoms with Gasteiger partial charge in [-0.15, -0.1) is 0 Å². The van der Waals surface area contributed by atoms with Crippen molar-refractivity contribution in [1.82, 2.24) is 0 Å². The molecule has 0 spiro atoms. The molecule has 66 valence electrons. The molecule has 0 heterocycles. The van der Waals surface area contributed by atoms with Crippen LogP contribution in [0.3, 0.4) is 0 Å². The highest BCUT2D eigenvalue weighted by Crippen LogP contribution is 2.33. The van der Waals surface area contributed by atoms with Crippen LogP contribution in [-0.2, 0) is 0 Å². The molecule has 0 amide bonds. The van der Waals surface area contributed by atoms with Crippen molar-refractivity contribution in [3.05, 3.63) is 26.6 Å². The summed E-state index contributed by atoms with van der Waals surface area (Å²) in [5.74, 6) is -2.08. The van der Waals surface area contributed by atoms with Gasteiger partial charge in [0.25, 0.3) is 0 Å². The SMILES string of the molecule is COc1c(Br)cc(Br)c(F)c1F. The van der Waals surface area contributed by atoms with E-state index in [1.807, 2.05) is 0 Å². The van der Waals surface area contributed by atoms with Crippen LogP contribution in [0.1, 0.15) is 0 Å². The molecule has 1 aromatic rings. The van der Waals surface area contributed by atoms with E-state index in [1.165, 1.54) is 13.2 Å². The molecule has 0 unspecified atom stereocenters. The highest BCUT2D eigenvalue weighted by Gasteiger charge is 2.16. The Morgan fingerprint density at radius 1 is 1.17 bits per heavy atom. The summed E-state index contributed by atoms with van der Waals surface area (Å²) in [4.78, 5) is 0. The monoisotopic (exact) mass is 300 g/mol. The average Bonchev–Trinajstić information content (AvgIpc) is 2.01. The first kappa shape index (κ1) is 9.92. The van der Waals surface area contributed by atoms with Gasteiger partial charge in [0.1, 0.15) is 0 Å². The van der Waals surface area contributed by atoms with E-state index in [2.05, 4.69) is 36.6 Å². The predicted molar refractivity (Wildman–Crippen MR) is 48.3 cm³/mol. The molecule has 0 fully saturated rings. The minimum absolute atomic E-state index is 0.0627. The van der Waals surface area contributed by atoms with Crippen LogP contribution in [0.25, 0.3) is 0 Å². The Morgan fingerprint density at radius 3 is 2.25 bits per heavy atom. The molecular formula is C7H4Br2F2O. The van der Waals surface area contributed by atoms with Gasteiger partial charge in [0.15, 0.2) is 11.6 Å². The second-order valence-corrected chi connectivity index (χ2v) is 3.71. The molecule has 5 heteroatoms. The van der Waals surface area contributed by atoms with E-state index in [-0.39, 0.29) is 10.2 Å². The number of ether oxygens (including phenoxy) is 1. The maximum atomic E-state index is 13.0. The lowest BCUT2D eigenvalue weighted by molar-refractivity contribution is 0.368. The first-order valence-corrected chi connectivity index (χ1v) is 4.53. The fourth-order valence-electron chi connectivity index (χ4n) is 0.737. The van der Waals surface area contributed by atoms with Crippen molar-refractivity contribution in [3.63, 3.8) is 0 Å². The molecule has 0 saturated carbocycles. The number of rotatable bonds is 1. The smallest absolute Gasteiger partial charge is 0.202 e. The Hall–Kier alpha value is -0.160. The second kappa shape index (κ2) is 3.70. The molecule has 0 bridgehead atoms. The molecule has 0 aromatic heterocycles. The fourth-order valence-corrected chi connectivity index (χ4v) is 2.01. The largest absolute Gasteiger partial charge is 0.492 e. The van der Waals surface area contributed by atoms with Crippen LogP contribution in [0, 0.1) is 11.6 Å². The Kier molecular flexibility index (Phi) is 3.06. The van der Waals surface area contributed by atoms with E-state index in [4.69, 9.17) is 0 Å². The van der Waals surface area contributed by atoms with Gasteiger partial charge in [0, 0.05) is 0 Å². The van der Waals surface area contributed by atoms with Gasteiger partial charge in [-0.1, -0.05) is 0 Å². The summed E-state index contributed by atoms with van der Waals surface area (Å²) >= 11 is 5.89.